The normalized spacial score (nSPS) is 19.5. The average molecular weight is 302 g/mol. The number of hydrogen-bond acceptors (Lipinski definition) is 4. The van der Waals surface area contributed by atoms with Crippen molar-refractivity contribution in [3.05, 3.63) is 29.6 Å². The largest absolute Gasteiger partial charge is 0.337 e. The summed E-state index contributed by atoms with van der Waals surface area (Å²) in [4.78, 5) is 35.0. The Kier molecular flexibility index (Phi) is 4.38. The van der Waals surface area contributed by atoms with E-state index in [1.807, 2.05) is 9.80 Å². The zero-order valence-electron chi connectivity index (χ0n) is 13.0. The second kappa shape index (κ2) is 6.44. The molecule has 0 radical (unpaired) electrons. The van der Waals surface area contributed by atoms with Crippen LogP contribution in [0.5, 0.6) is 0 Å². The lowest BCUT2D eigenvalue weighted by Gasteiger charge is -2.32. The van der Waals surface area contributed by atoms with Gasteiger partial charge in [-0.1, -0.05) is 6.07 Å². The number of carbonyl (C=O) groups is 2. The Morgan fingerprint density at radius 1 is 0.864 bits per heavy atom. The third-order valence-corrected chi connectivity index (χ3v) is 4.37. The number of carbonyl (C=O) groups excluding carboxylic acids is 2. The summed E-state index contributed by atoms with van der Waals surface area (Å²) in [5.41, 5.74) is 0.747. The Hall–Kier alpha value is -1.95. The number of likely N-dealkylation sites (N-methyl/N-ethyl adjacent to an activating group) is 1. The number of nitrogens with zero attached hydrogens (tertiary/aromatic N) is 4. The molecular weight excluding hydrogens is 280 g/mol. The fraction of sp³-hybridized carbons (Fsp3) is 0.562. The number of likely N-dealkylation sites (tertiary alicyclic amines) is 1. The number of pyridine rings is 1. The van der Waals surface area contributed by atoms with Gasteiger partial charge in [0.25, 0.3) is 11.8 Å². The van der Waals surface area contributed by atoms with Crippen LogP contribution >= 0.6 is 0 Å². The SMILES string of the molecule is CN1CCN(C(=O)c2cccc(C(=O)N3CCCC3)n2)CC1. The first kappa shape index (κ1) is 15.0. The Balaban J connectivity index is 1.73. The Morgan fingerprint density at radius 3 is 1.91 bits per heavy atom. The molecule has 3 rings (SSSR count). The molecule has 2 aliphatic heterocycles. The molecule has 2 amide bonds. The highest BCUT2D eigenvalue weighted by Gasteiger charge is 2.24. The molecule has 2 saturated heterocycles. The van der Waals surface area contributed by atoms with Crippen LogP contribution in [-0.4, -0.2) is 77.8 Å². The molecule has 6 nitrogen and oxygen atoms in total. The Bertz CT molecular complexity index is 561. The van der Waals surface area contributed by atoms with Gasteiger partial charge in [0.2, 0.25) is 0 Å². The van der Waals surface area contributed by atoms with E-state index in [-0.39, 0.29) is 11.8 Å². The number of rotatable bonds is 2. The maximum atomic E-state index is 12.5. The predicted molar refractivity (Wildman–Crippen MR) is 82.8 cm³/mol. The van der Waals surface area contributed by atoms with Crippen LogP contribution in [0.3, 0.4) is 0 Å². The van der Waals surface area contributed by atoms with E-state index < -0.39 is 0 Å². The van der Waals surface area contributed by atoms with Crippen molar-refractivity contribution in [1.29, 1.82) is 0 Å². The molecule has 0 unspecified atom stereocenters. The highest BCUT2D eigenvalue weighted by Crippen LogP contribution is 2.13. The van der Waals surface area contributed by atoms with Crippen molar-refractivity contribution in [3.8, 4) is 0 Å². The first-order chi connectivity index (χ1) is 10.6. The van der Waals surface area contributed by atoms with E-state index >= 15 is 0 Å². The van der Waals surface area contributed by atoms with Crippen LogP contribution in [0, 0.1) is 0 Å². The van der Waals surface area contributed by atoms with Gasteiger partial charge in [0, 0.05) is 39.3 Å². The molecule has 118 valence electrons. The van der Waals surface area contributed by atoms with Gasteiger partial charge >= 0.3 is 0 Å². The van der Waals surface area contributed by atoms with Crippen LogP contribution in [0.15, 0.2) is 18.2 Å². The molecule has 2 fully saturated rings. The van der Waals surface area contributed by atoms with Crippen molar-refractivity contribution in [1.82, 2.24) is 19.7 Å². The number of aromatic nitrogens is 1. The summed E-state index contributed by atoms with van der Waals surface area (Å²) in [6.07, 6.45) is 2.09. The van der Waals surface area contributed by atoms with E-state index in [1.54, 1.807) is 18.2 Å². The smallest absolute Gasteiger partial charge is 0.272 e. The summed E-state index contributed by atoms with van der Waals surface area (Å²) in [5, 5.41) is 0. The second-order valence-electron chi connectivity index (χ2n) is 6.00. The lowest BCUT2D eigenvalue weighted by molar-refractivity contribution is 0.0658. The average Bonchev–Trinajstić information content (AvgIpc) is 3.09. The minimum Gasteiger partial charge on any atom is -0.337 e. The minimum atomic E-state index is -0.0795. The lowest BCUT2D eigenvalue weighted by Crippen LogP contribution is -2.47. The summed E-state index contributed by atoms with van der Waals surface area (Å²) in [6, 6.07) is 5.14. The molecule has 2 aliphatic rings. The van der Waals surface area contributed by atoms with Gasteiger partial charge in [0.1, 0.15) is 11.4 Å². The molecule has 0 N–H and O–H groups in total. The van der Waals surface area contributed by atoms with E-state index in [9.17, 15) is 9.59 Å². The summed E-state index contributed by atoms with van der Waals surface area (Å²) >= 11 is 0. The molecule has 6 heteroatoms. The molecule has 1 aromatic rings. The van der Waals surface area contributed by atoms with Gasteiger partial charge in [-0.15, -0.1) is 0 Å². The fourth-order valence-corrected chi connectivity index (χ4v) is 2.93. The molecule has 1 aromatic heterocycles. The van der Waals surface area contributed by atoms with Gasteiger partial charge in [-0.2, -0.15) is 0 Å². The zero-order valence-corrected chi connectivity index (χ0v) is 13.0. The van der Waals surface area contributed by atoms with Gasteiger partial charge in [0.15, 0.2) is 0 Å². The topological polar surface area (TPSA) is 56.8 Å². The molecule has 0 atom stereocenters. The summed E-state index contributed by atoms with van der Waals surface area (Å²) in [5.74, 6) is -0.144. The van der Waals surface area contributed by atoms with Crippen molar-refractivity contribution in [2.24, 2.45) is 0 Å². The van der Waals surface area contributed by atoms with Crippen LogP contribution in [0.1, 0.15) is 33.8 Å². The summed E-state index contributed by atoms with van der Waals surface area (Å²) in [7, 11) is 2.05. The van der Waals surface area contributed by atoms with Crippen molar-refractivity contribution in [2.45, 2.75) is 12.8 Å². The molecule has 0 aromatic carbocycles. The second-order valence-corrected chi connectivity index (χ2v) is 6.00. The molecule has 0 saturated carbocycles. The summed E-state index contributed by atoms with van der Waals surface area (Å²) < 4.78 is 0. The highest BCUT2D eigenvalue weighted by atomic mass is 16.2. The van der Waals surface area contributed by atoms with Gasteiger partial charge in [-0.05, 0) is 32.0 Å². The van der Waals surface area contributed by atoms with E-state index in [0.717, 1.165) is 39.0 Å². The monoisotopic (exact) mass is 302 g/mol. The summed E-state index contributed by atoms with van der Waals surface area (Å²) in [6.45, 7) is 4.74. The van der Waals surface area contributed by atoms with Crippen LogP contribution in [-0.2, 0) is 0 Å². The minimum absolute atomic E-state index is 0.0643. The maximum Gasteiger partial charge on any atom is 0.272 e. The number of hydrogen-bond donors (Lipinski definition) is 0. The Labute approximate surface area is 130 Å². The van der Waals surface area contributed by atoms with Crippen LogP contribution in [0.25, 0.3) is 0 Å². The number of piperazine rings is 1. The van der Waals surface area contributed by atoms with Gasteiger partial charge in [-0.3, -0.25) is 9.59 Å². The third-order valence-electron chi connectivity index (χ3n) is 4.37. The van der Waals surface area contributed by atoms with Crippen molar-refractivity contribution in [2.75, 3.05) is 46.3 Å². The van der Waals surface area contributed by atoms with E-state index in [2.05, 4.69) is 16.9 Å². The van der Waals surface area contributed by atoms with E-state index in [0.29, 0.717) is 24.5 Å². The molecule has 0 bridgehead atoms. The van der Waals surface area contributed by atoms with Crippen molar-refractivity contribution >= 4 is 11.8 Å². The third kappa shape index (κ3) is 3.11. The molecule has 3 heterocycles. The molecule has 22 heavy (non-hydrogen) atoms. The standard InChI is InChI=1S/C16H22N4O2/c1-18-9-11-20(12-10-18)16(22)14-6-4-5-13(17-14)15(21)19-7-2-3-8-19/h4-6H,2-3,7-12H2,1H3. The Morgan fingerprint density at radius 2 is 1.36 bits per heavy atom. The first-order valence-electron chi connectivity index (χ1n) is 7.89. The maximum absolute atomic E-state index is 12.5. The van der Waals surface area contributed by atoms with E-state index in [4.69, 9.17) is 0 Å². The van der Waals surface area contributed by atoms with Gasteiger partial charge in [0.05, 0.1) is 0 Å². The first-order valence-corrected chi connectivity index (χ1v) is 7.89. The van der Waals surface area contributed by atoms with Crippen molar-refractivity contribution < 1.29 is 9.59 Å². The fourth-order valence-electron chi connectivity index (χ4n) is 2.93. The van der Waals surface area contributed by atoms with Gasteiger partial charge < -0.3 is 14.7 Å². The van der Waals surface area contributed by atoms with Crippen LogP contribution < -0.4 is 0 Å². The van der Waals surface area contributed by atoms with Crippen LogP contribution in [0.2, 0.25) is 0 Å². The zero-order chi connectivity index (χ0) is 15.5. The van der Waals surface area contributed by atoms with Crippen LogP contribution in [0.4, 0.5) is 0 Å². The molecule has 0 spiro atoms. The van der Waals surface area contributed by atoms with Crippen molar-refractivity contribution in [3.63, 3.8) is 0 Å². The van der Waals surface area contributed by atoms with E-state index in [1.165, 1.54) is 0 Å². The molecular formula is C16H22N4O2. The quantitative estimate of drug-likeness (QED) is 0.807. The predicted octanol–water partition coefficient (Wildman–Crippen LogP) is 0.705. The lowest BCUT2D eigenvalue weighted by atomic mass is 10.2. The molecule has 0 aliphatic carbocycles. The number of amides is 2. The highest BCUT2D eigenvalue weighted by molar-refractivity contribution is 5.96. The van der Waals surface area contributed by atoms with Gasteiger partial charge in [-0.25, -0.2) is 4.98 Å².